The van der Waals surface area contributed by atoms with Crippen LogP contribution in [0.2, 0.25) is 0 Å². The molecule has 1 heterocycles. The van der Waals surface area contributed by atoms with Crippen LogP contribution >= 0.6 is 0 Å². The number of halogens is 2. The molecule has 2 bridgehead atoms. The van der Waals surface area contributed by atoms with E-state index in [0.717, 1.165) is 44.1 Å². The Bertz CT molecular complexity index is 837. The number of rotatable bonds is 13. The van der Waals surface area contributed by atoms with Crippen LogP contribution < -0.4 is 0 Å². The number of ether oxygens (including phenoxy) is 2. The molecule has 1 aliphatic carbocycles. The highest BCUT2D eigenvalue weighted by atomic mass is 19.1. The quantitative estimate of drug-likeness (QED) is 0.221. The van der Waals surface area contributed by atoms with Gasteiger partial charge in [-0.05, 0) is 55.7 Å². The molecule has 1 unspecified atom stereocenters. The van der Waals surface area contributed by atoms with Crippen LogP contribution in [-0.2, 0) is 19.7 Å². The first-order valence-electron chi connectivity index (χ1n) is 12.5. The van der Waals surface area contributed by atoms with Crippen molar-refractivity contribution in [2.75, 3.05) is 13.7 Å². The van der Waals surface area contributed by atoms with Gasteiger partial charge in [0.25, 0.3) is 0 Å². The number of methoxy groups -OCH3 is 1. The zero-order chi connectivity index (χ0) is 24.6. The lowest BCUT2D eigenvalue weighted by molar-refractivity contribution is -0.140. The van der Waals surface area contributed by atoms with Gasteiger partial charge < -0.3 is 14.6 Å². The Morgan fingerprint density at radius 2 is 2.06 bits per heavy atom. The van der Waals surface area contributed by atoms with Crippen molar-refractivity contribution in [1.29, 1.82) is 0 Å². The minimum atomic E-state index is -1.27. The maximum Gasteiger partial charge on any atom is 0.305 e. The molecule has 4 nitrogen and oxygen atoms in total. The molecule has 2 fully saturated rings. The summed E-state index contributed by atoms with van der Waals surface area (Å²) in [4.78, 5) is 11.3. The van der Waals surface area contributed by atoms with E-state index < -0.39 is 12.3 Å². The third-order valence-corrected chi connectivity index (χ3v) is 7.41. The number of fused-ring (bicyclic) bond motifs is 2. The first kappa shape index (κ1) is 26.6. The van der Waals surface area contributed by atoms with E-state index in [-0.39, 0.29) is 35.1 Å². The maximum atomic E-state index is 14.3. The van der Waals surface area contributed by atoms with Crippen LogP contribution in [0.5, 0.6) is 0 Å². The Labute approximate surface area is 202 Å². The number of aliphatic hydroxyl groups is 1. The lowest BCUT2D eigenvalue weighted by Crippen LogP contribution is -2.39. The van der Waals surface area contributed by atoms with Crippen LogP contribution in [0.3, 0.4) is 0 Å². The summed E-state index contributed by atoms with van der Waals surface area (Å²) in [7, 11) is 1.39. The predicted octanol–water partition coefficient (Wildman–Crippen LogP) is 5.83. The molecule has 188 valence electrons. The molecule has 1 N–H and O–H groups in total. The summed E-state index contributed by atoms with van der Waals surface area (Å²) < 4.78 is 38.7. The van der Waals surface area contributed by atoms with E-state index in [1.54, 1.807) is 6.08 Å². The van der Waals surface area contributed by atoms with Crippen LogP contribution in [0.25, 0.3) is 0 Å². The van der Waals surface area contributed by atoms with E-state index in [4.69, 9.17) is 4.74 Å². The topological polar surface area (TPSA) is 55.8 Å². The van der Waals surface area contributed by atoms with E-state index >= 15 is 0 Å². The second-order valence-electron chi connectivity index (χ2n) is 9.61. The van der Waals surface area contributed by atoms with Crippen molar-refractivity contribution in [2.24, 2.45) is 11.8 Å². The van der Waals surface area contributed by atoms with E-state index in [1.807, 2.05) is 25.1 Å². The summed E-state index contributed by atoms with van der Waals surface area (Å²) in [5.41, 5.74) is 0.815. The average molecular weight is 477 g/mol. The zero-order valence-electron chi connectivity index (χ0n) is 20.3. The summed E-state index contributed by atoms with van der Waals surface area (Å²) in [6, 6.07) is 6.67. The molecule has 1 saturated heterocycles. The molecule has 34 heavy (non-hydrogen) atoms. The molecule has 3 rings (SSSR count). The maximum absolute atomic E-state index is 14.3. The van der Waals surface area contributed by atoms with Crippen molar-refractivity contribution < 1.29 is 28.2 Å². The van der Waals surface area contributed by atoms with Gasteiger partial charge >= 0.3 is 5.97 Å². The number of aliphatic hydroxyl groups excluding tert-OH is 1. The molecule has 0 radical (unpaired) electrons. The number of carbonyl (C=O) groups excluding carboxylic acids is 1. The Morgan fingerprint density at radius 3 is 2.76 bits per heavy atom. The number of benzene rings is 1. The van der Waals surface area contributed by atoms with E-state index in [9.17, 15) is 18.7 Å². The normalized spacial score (nSPS) is 28.1. The Balaban J connectivity index is 1.74. The van der Waals surface area contributed by atoms with Crippen LogP contribution in [0.15, 0.2) is 48.6 Å². The van der Waals surface area contributed by atoms with E-state index in [2.05, 4.69) is 16.9 Å². The van der Waals surface area contributed by atoms with Gasteiger partial charge in [-0.3, -0.25) is 4.79 Å². The third kappa shape index (κ3) is 6.33. The van der Waals surface area contributed by atoms with Crippen molar-refractivity contribution in [3.8, 4) is 0 Å². The van der Waals surface area contributed by atoms with Crippen molar-refractivity contribution in [2.45, 2.75) is 82.1 Å². The molecular weight excluding hydrogens is 438 g/mol. The summed E-state index contributed by atoms with van der Waals surface area (Å²) >= 11 is 0. The number of allylic oxidation sites excluding steroid dienone is 2. The van der Waals surface area contributed by atoms with Crippen LogP contribution in [0.4, 0.5) is 8.78 Å². The van der Waals surface area contributed by atoms with Gasteiger partial charge in [-0.2, -0.15) is 0 Å². The van der Waals surface area contributed by atoms with Gasteiger partial charge in [-0.15, -0.1) is 0 Å². The third-order valence-electron chi connectivity index (χ3n) is 7.41. The average Bonchev–Trinajstić information content (AvgIpc) is 3.41. The molecule has 0 aromatic heterocycles. The van der Waals surface area contributed by atoms with Crippen molar-refractivity contribution >= 4 is 5.97 Å². The van der Waals surface area contributed by atoms with E-state index in [0.29, 0.717) is 19.4 Å². The second kappa shape index (κ2) is 12.6. The number of unbranched alkanes of at least 4 members (excludes halogenated alkanes) is 2. The Morgan fingerprint density at radius 1 is 1.29 bits per heavy atom. The first-order chi connectivity index (χ1) is 16.4. The summed E-state index contributed by atoms with van der Waals surface area (Å²) in [6.07, 6.45) is 10.9. The molecule has 0 amide bonds. The van der Waals surface area contributed by atoms with Gasteiger partial charge in [-0.25, -0.2) is 8.78 Å². The standard InChI is InChI=1S/C28H38F2O4/c1-3-4-10-24(30)25(31)17-16-22-23(9-7-5-6-8-11-27(32)33-2)28(18-26(22)34-19-28)20-12-14-21(29)15-13-20/h5,7,12-17,22-26,31H,3-4,6,8-11,18-19H2,1-2H3/t22-,23-,24?,25+,26-,28-/m0/s1. The largest absolute Gasteiger partial charge is 0.469 e. The minimum absolute atomic E-state index is 0.0140. The Hall–Kier alpha value is -2.05. The molecule has 6 heteroatoms. The lowest BCUT2D eigenvalue weighted by atomic mass is 9.69. The SMILES string of the molecule is CCCCC(F)[C@H](O)C=C[C@@H]1[C@@H]2C[C@@](c3ccc(F)cc3)(CO2)[C@H]1CC=CCCCC(=O)OC. The fourth-order valence-electron chi connectivity index (χ4n) is 5.46. The molecule has 1 aliphatic heterocycles. The van der Waals surface area contributed by atoms with Crippen LogP contribution in [-0.4, -0.2) is 43.2 Å². The van der Waals surface area contributed by atoms with Gasteiger partial charge in [0, 0.05) is 17.8 Å². The molecule has 1 aromatic rings. The number of hydrogen-bond acceptors (Lipinski definition) is 4. The molecule has 1 aromatic carbocycles. The summed E-state index contributed by atoms with van der Waals surface area (Å²) in [5, 5.41) is 10.3. The summed E-state index contributed by atoms with van der Waals surface area (Å²) in [5.74, 6) is -0.253. The van der Waals surface area contributed by atoms with Crippen LogP contribution in [0.1, 0.15) is 63.9 Å². The zero-order valence-corrected chi connectivity index (χ0v) is 20.3. The van der Waals surface area contributed by atoms with Gasteiger partial charge in [-0.1, -0.05) is 56.2 Å². The number of carbonyl (C=O) groups is 1. The van der Waals surface area contributed by atoms with Crippen molar-refractivity contribution in [3.63, 3.8) is 0 Å². The molecule has 1 saturated carbocycles. The highest BCUT2D eigenvalue weighted by Gasteiger charge is 2.58. The van der Waals surface area contributed by atoms with Crippen molar-refractivity contribution in [1.82, 2.24) is 0 Å². The van der Waals surface area contributed by atoms with Gasteiger partial charge in [0.05, 0.1) is 19.8 Å². The Kier molecular flexibility index (Phi) is 9.84. The smallest absolute Gasteiger partial charge is 0.305 e. The highest BCUT2D eigenvalue weighted by Crippen LogP contribution is 2.57. The second-order valence-corrected chi connectivity index (χ2v) is 9.61. The monoisotopic (exact) mass is 476 g/mol. The lowest BCUT2D eigenvalue weighted by Gasteiger charge is -2.38. The molecular formula is C28H38F2O4. The number of alkyl halides is 1. The van der Waals surface area contributed by atoms with Crippen molar-refractivity contribution in [3.05, 3.63) is 60.0 Å². The number of esters is 1. The fourth-order valence-corrected chi connectivity index (χ4v) is 5.46. The summed E-state index contributed by atoms with van der Waals surface area (Å²) in [6.45, 7) is 2.57. The van der Waals surface area contributed by atoms with Gasteiger partial charge in [0.15, 0.2) is 0 Å². The molecule has 2 aliphatic rings. The fraction of sp³-hybridized carbons (Fsp3) is 0.607. The molecule has 6 atom stereocenters. The minimum Gasteiger partial charge on any atom is -0.469 e. The van der Waals surface area contributed by atoms with E-state index in [1.165, 1.54) is 19.2 Å². The first-order valence-corrected chi connectivity index (χ1v) is 12.5. The molecule has 0 spiro atoms. The van der Waals surface area contributed by atoms with Gasteiger partial charge in [0.2, 0.25) is 0 Å². The predicted molar refractivity (Wildman–Crippen MR) is 129 cm³/mol. The van der Waals surface area contributed by atoms with Gasteiger partial charge in [0.1, 0.15) is 18.1 Å². The highest BCUT2D eigenvalue weighted by molar-refractivity contribution is 5.69. The number of hydrogen-bond donors (Lipinski definition) is 1. The van der Waals surface area contributed by atoms with Crippen LogP contribution in [0, 0.1) is 17.7 Å².